The van der Waals surface area contributed by atoms with Crippen LogP contribution in [0.4, 0.5) is 0 Å². The number of benzene rings is 1. The Bertz CT molecular complexity index is 830. The molecule has 0 radical (unpaired) electrons. The first-order valence-corrected chi connectivity index (χ1v) is 11.9. The van der Waals surface area contributed by atoms with Crippen molar-refractivity contribution in [2.24, 2.45) is 4.99 Å². The molecule has 0 bridgehead atoms. The van der Waals surface area contributed by atoms with Crippen LogP contribution in [0, 0.1) is 0 Å². The maximum absolute atomic E-state index is 6.13. The van der Waals surface area contributed by atoms with Gasteiger partial charge in [-0.2, -0.15) is 11.8 Å². The molecule has 0 spiro atoms. The molecule has 0 aliphatic heterocycles. The van der Waals surface area contributed by atoms with E-state index in [9.17, 15) is 0 Å². The summed E-state index contributed by atoms with van der Waals surface area (Å²) in [5.74, 6) is 2.77. The van der Waals surface area contributed by atoms with Crippen molar-refractivity contribution in [2.75, 3.05) is 19.9 Å². The van der Waals surface area contributed by atoms with Crippen LogP contribution >= 0.6 is 11.8 Å². The lowest BCUT2D eigenvalue weighted by molar-refractivity contribution is 0.300. The lowest BCUT2D eigenvalue weighted by Gasteiger charge is -2.18. The number of thioether (sulfide) groups is 1. The Morgan fingerprint density at radius 1 is 1.20 bits per heavy atom. The number of aromatic nitrogens is 1. The third kappa shape index (κ3) is 6.29. The zero-order valence-electron chi connectivity index (χ0n) is 18.1. The molecule has 1 aromatic heterocycles. The van der Waals surface area contributed by atoms with Gasteiger partial charge in [-0.3, -0.25) is 4.99 Å². The van der Waals surface area contributed by atoms with Crippen LogP contribution < -0.4 is 20.1 Å². The minimum absolute atomic E-state index is 0.473. The van der Waals surface area contributed by atoms with Gasteiger partial charge in [0.25, 0.3) is 0 Å². The smallest absolute Gasteiger partial charge is 0.224 e. The van der Waals surface area contributed by atoms with Gasteiger partial charge in [-0.15, -0.1) is 0 Å². The SMILES string of the molecule is CCCOc1ccccc1Oc1ncccc1CNC(=NC)NC1CCC(SC)C1. The summed E-state index contributed by atoms with van der Waals surface area (Å²) in [5.41, 5.74) is 0.958. The summed E-state index contributed by atoms with van der Waals surface area (Å²) in [6.45, 7) is 3.30. The summed E-state index contributed by atoms with van der Waals surface area (Å²) in [6, 6.07) is 12.1. The van der Waals surface area contributed by atoms with Crippen LogP contribution in [-0.4, -0.2) is 42.1 Å². The van der Waals surface area contributed by atoms with Crippen LogP contribution in [0.25, 0.3) is 0 Å². The van der Waals surface area contributed by atoms with Gasteiger partial charge >= 0.3 is 0 Å². The second-order valence-corrected chi connectivity index (χ2v) is 8.44. The highest BCUT2D eigenvalue weighted by molar-refractivity contribution is 7.99. The monoisotopic (exact) mass is 428 g/mol. The van der Waals surface area contributed by atoms with E-state index in [0.29, 0.717) is 30.8 Å². The summed E-state index contributed by atoms with van der Waals surface area (Å²) in [6.07, 6.45) is 8.49. The minimum Gasteiger partial charge on any atom is -0.490 e. The summed E-state index contributed by atoms with van der Waals surface area (Å²) < 4.78 is 11.9. The Morgan fingerprint density at radius 3 is 2.77 bits per heavy atom. The van der Waals surface area contributed by atoms with Crippen LogP contribution in [0.2, 0.25) is 0 Å². The van der Waals surface area contributed by atoms with Crippen molar-refractivity contribution in [3.05, 3.63) is 48.2 Å². The van der Waals surface area contributed by atoms with Gasteiger partial charge in [-0.05, 0) is 50.1 Å². The molecule has 2 atom stereocenters. The molecule has 1 aliphatic rings. The standard InChI is InChI=1S/C23H32N4O2S/c1-4-14-28-20-9-5-6-10-21(20)29-22-17(8-7-13-25-22)16-26-23(24-2)27-18-11-12-19(15-18)30-3/h5-10,13,18-19H,4,11-12,14-16H2,1-3H3,(H2,24,26,27). The van der Waals surface area contributed by atoms with Crippen molar-refractivity contribution in [3.8, 4) is 17.4 Å². The fraction of sp³-hybridized carbons (Fsp3) is 0.478. The average molecular weight is 429 g/mol. The number of pyridine rings is 1. The molecule has 7 heteroatoms. The average Bonchev–Trinajstić information content (AvgIpc) is 3.24. The van der Waals surface area contributed by atoms with Crippen molar-refractivity contribution in [2.45, 2.75) is 50.4 Å². The van der Waals surface area contributed by atoms with E-state index in [1.807, 2.05) is 48.2 Å². The molecule has 3 rings (SSSR count). The van der Waals surface area contributed by atoms with Crippen LogP contribution in [-0.2, 0) is 6.54 Å². The summed E-state index contributed by atoms with van der Waals surface area (Å²) in [5, 5.41) is 7.69. The molecular formula is C23H32N4O2S. The highest BCUT2D eigenvalue weighted by Crippen LogP contribution is 2.32. The molecule has 1 aliphatic carbocycles. The van der Waals surface area contributed by atoms with E-state index < -0.39 is 0 Å². The molecule has 162 valence electrons. The molecule has 6 nitrogen and oxygen atoms in total. The number of nitrogens with one attached hydrogen (secondary N) is 2. The molecule has 2 aromatic rings. The second kappa shape index (κ2) is 11.7. The topological polar surface area (TPSA) is 67.8 Å². The van der Waals surface area contributed by atoms with Crippen molar-refractivity contribution < 1.29 is 9.47 Å². The lowest BCUT2D eigenvalue weighted by atomic mass is 10.2. The predicted molar refractivity (Wildman–Crippen MR) is 125 cm³/mol. The fourth-order valence-corrected chi connectivity index (χ4v) is 4.27. The van der Waals surface area contributed by atoms with Crippen molar-refractivity contribution in [1.82, 2.24) is 15.6 Å². The molecule has 30 heavy (non-hydrogen) atoms. The molecule has 0 amide bonds. The Labute approximate surface area is 183 Å². The van der Waals surface area contributed by atoms with Crippen molar-refractivity contribution in [1.29, 1.82) is 0 Å². The first kappa shape index (κ1) is 22.3. The Hall–Kier alpha value is -2.41. The van der Waals surface area contributed by atoms with Crippen LogP contribution in [0.3, 0.4) is 0 Å². The van der Waals surface area contributed by atoms with E-state index in [-0.39, 0.29) is 0 Å². The van der Waals surface area contributed by atoms with E-state index >= 15 is 0 Å². The molecule has 1 heterocycles. The Balaban J connectivity index is 1.63. The molecule has 2 unspecified atom stereocenters. The van der Waals surface area contributed by atoms with E-state index in [2.05, 4.69) is 33.8 Å². The van der Waals surface area contributed by atoms with Gasteiger partial charge in [0, 0.05) is 36.6 Å². The van der Waals surface area contributed by atoms with E-state index in [0.717, 1.165) is 28.9 Å². The maximum Gasteiger partial charge on any atom is 0.224 e. The highest BCUT2D eigenvalue weighted by atomic mass is 32.2. The molecule has 1 fully saturated rings. The van der Waals surface area contributed by atoms with Gasteiger partial charge in [0.2, 0.25) is 5.88 Å². The molecule has 2 N–H and O–H groups in total. The van der Waals surface area contributed by atoms with Crippen LogP contribution in [0.15, 0.2) is 47.6 Å². The van der Waals surface area contributed by atoms with Crippen LogP contribution in [0.1, 0.15) is 38.2 Å². The number of aliphatic imine (C=N–C) groups is 1. The number of rotatable bonds is 9. The maximum atomic E-state index is 6.13. The second-order valence-electron chi connectivity index (χ2n) is 7.30. The highest BCUT2D eigenvalue weighted by Gasteiger charge is 2.24. The largest absolute Gasteiger partial charge is 0.490 e. The van der Waals surface area contributed by atoms with Gasteiger partial charge in [0.15, 0.2) is 17.5 Å². The van der Waals surface area contributed by atoms with Gasteiger partial charge < -0.3 is 20.1 Å². The minimum atomic E-state index is 0.473. The number of para-hydroxylation sites is 2. The lowest BCUT2D eigenvalue weighted by Crippen LogP contribution is -2.42. The number of ether oxygens (including phenoxy) is 2. The number of hydrogen-bond donors (Lipinski definition) is 2. The summed E-state index contributed by atoms with van der Waals surface area (Å²) in [7, 11) is 1.80. The van der Waals surface area contributed by atoms with E-state index in [4.69, 9.17) is 9.47 Å². The number of nitrogens with zero attached hydrogens (tertiary/aromatic N) is 2. The Morgan fingerprint density at radius 2 is 2.03 bits per heavy atom. The van der Waals surface area contributed by atoms with E-state index in [1.54, 1.807) is 13.2 Å². The summed E-state index contributed by atoms with van der Waals surface area (Å²) >= 11 is 1.95. The van der Waals surface area contributed by atoms with Gasteiger partial charge in [0.1, 0.15) is 0 Å². The van der Waals surface area contributed by atoms with Gasteiger partial charge in [0.05, 0.1) is 6.61 Å². The van der Waals surface area contributed by atoms with Crippen LogP contribution in [0.5, 0.6) is 17.4 Å². The zero-order valence-corrected chi connectivity index (χ0v) is 18.9. The zero-order chi connectivity index (χ0) is 21.2. The normalized spacial score (nSPS) is 18.8. The molecule has 1 aromatic carbocycles. The molecule has 0 saturated heterocycles. The fourth-order valence-electron chi connectivity index (χ4n) is 3.47. The first-order chi connectivity index (χ1) is 14.7. The molecular weight excluding hydrogens is 396 g/mol. The third-order valence-electron chi connectivity index (χ3n) is 5.10. The number of hydrogen-bond acceptors (Lipinski definition) is 5. The summed E-state index contributed by atoms with van der Waals surface area (Å²) in [4.78, 5) is 8.83. The van der Waals surface area contributed by atoms with E-state index in [1.165, 1.54) is 19.3 Å². The first-order valence-electron chi connectivity index (χ1n) is 10.6. The van der Waals surface area contributed by atoms with Crippen molar-refractivity contribution in [3.63, 3.8) is 0 Å². The number of guanidine groups is 1. The Kier molecular flexibility index (Phi) is 8.68. The quantitative estimate of drug-likeness (QED) is 0.449. The van der Waals surface area contributed by atoms with Crippen molar-refractivity contribution >= 4 is 17.7 Å². The predicted octanol–water partition coefficient (Wildman–Crippen LogP) is 4.61. The third-order valence-corrected chi connectivity index (χ3v) is 6.19. The van der Waals surface area contributed by atoms with Gasteiger partial charge in [-0.1, -0.05) is 25.1 Å². The van der Waals surface area contributed by atoms with Gasteiger partial charge in [-0.25, -0.2) is 4.98 Å². The molecule has 1 saturated carbocycles.